The Morgan fingerprint density at radius 1 is 0.652 bits per heavy atom. The molecular formula is C21H20O2. The van der Waals surface area contributed by atoms with Crippen molar-refractivity contribution in [3.05, 3.63) is 94.5 Å². The number of aromatic hydroxyl groups is 2. The SMILES string of the molecule is Cc1ccc(Cc2cccc(O)c2Cc2ccccc2O)cc1. The van der Waals surface area contributed by atoms with Gasteiger partial charge in [0.15, 0.2) is 0 Å². The van der Waals surface area contributed by atoms with Crippen molar-refractivity contribution in [1.82, 2.24) is 0 Å². The predicted octanol–water partition coefficient (Wildman–Crippen LogP) is 4.59. The first kappa shape index (κ1) is 15.2. The molecule has 0 bridgehead atoms. The van der Waals surface area contributed by atoms with Crippen LogP contribution in [0.2, 0.25) is 0 Å². The molecule has 3 rings (SSSR count). The van der Waals surface area contributed by atoms with Gasteiger partial charge >= 0.3 is 0 Å². The standard InChI is InChI=1S/C21H20O2/c1-15-9-11-16(12-10-15)13-17-6-4-8-21(23)19(17)14-18-5-2-3-7-20(18)22/h2-12,22-23H,13-14H2,1H3. The van der Waals surface area contributed by atoms with Crippen molar-refractivity contribution >= 4 is 0 Å². The van der Waals surface area contributed by atoms with Crippen molar-refractivity contribution < 1.29 is 10.2 Å². The van der Waals surface area contributed by atoms with E-state index in [0.717, 1.165) is 23.1 Å². The van der Waals surface area contributed by atoms with Gasteiger partial charge in [-0.2, -0.15) is 0 Å². The maximum absolute atomic E-state index is 10.3. The van der Waals surface area contributed by atoms with Gasteiger partial charge in [-0.05, 0) is 42.2 Å². The molecule has 0 saturated carbocycles. The largest absolute Gasteiger partial charge is 0.508 e. The van der Waals surface area contributed by atoms with Crippen LogP contribution < -0.4 is 0 Å². The first-order valence-electron chi connectivity index (χ1n) is 7.75. The highest BCUT2D eigenvalue weighted by molar-refractivity contribution is 5.47. The molecule has 116 valence electrons. The van der Waals surface area contributed by atoms with Gasteiger partial charge in [-0.1, -0.05) is 60.2 Å². The molecule has 0 spiro atoms. The van der Waals surface area contributed by atoms with Gasteiger partial charge in [0.25, 0.3) is 0 Å². The summed E-state index contributed by atoms with van der Waals surface area (Å²) in [5.41, 5.74) is 5.21. The van der Waals surface area contributed by atoms with E-state index in [9.17, 15) is 10.2 Å². The fraction of sp³-hybridized carbons (Fsp3) is 0.143. The van der Waals surface area contributed by atoms with Crippen molar-refractivity contribution in [3.63, 3.8) is 0 Å². The van der Waals surface area contributed by atoms with Crippen LogP contribution in [-0.2, 0) is 12.8 Å². The van der Waals surface area contributed by atoms with Crippen molar-refractivity contribution in [2.24, 2.45) is 0 Å². The van der Waals surface area contributed by atoms with Gasteiger partial charge in [0.05, 0.1) is 0 Å². The van der Waals surface area contributed by atoms with E-state index in [-0.39, 0.29) is 11.5 Å². The van der Waals surface area contributed by atoms with Crippen LogP contribution in [0.4, 0.5) is 0 Å². The first-order chi connectivity index (χ1) is 11.1. The van der Waals surface area contributed by atoms with E-state index in [4.69, 9.17) is 0 Å². The quantitative estimate of drug-likeness (QED) is 0.740. The zero-order chi connectivity index (χ0) is 16.2. The molecule has 0 radical (unpaired) electrons. The summed E-state index contributed by atoms with van der Waals surface area (Å²) < 4.78 is 0. The number of phenols is 2. The molecule has 2 N–H and O–H groups in total. The van der Waals surface area contributed by atoms with Crippen LogP contribution in [0.1, 0.15) is 27.8 Å². The Morgan fingerprint density at radius 2 is 1.30 bits per heavy atom. The molecule has 0 saturated heterocycles. The molecule has 0 atom stereocenters. The average Bonchev–Trinajstić information content (AvgIpc) is 2.54. The highest BCUT2D eigenvalue weighted by atomic mass is 16.3. The number of benzene rings is 3. The van der Waals surface area contributed by atoms with E-state index >= 15 is 0 Å². The summed E-state index contributed by atoms with van der Waals surface area (Å²) in [5.74, 6) is 0.537. The summed E-state index contributed by atoms with van der Waals surface area (Å²) in [6.07, 6.45) is 1.28. The number of hydrogen-bond acceptors (Lipinski definition) is 2. The third-order valence-electron chi connectivity index (χ3n) is 4.12. The number of phenolic OH excluding ortho intramolecular Hbond substituents is 2. The predicted molar refractivity (Wildman–Crippen MR) is 93.0 cm³/mol. The summed E-state index contributed by atoms with van der Waals surface area (Å²) in [6, 6.07) is 21.3. The second kappa shape index (κ2) is 6.57. The van der Waals surface area contributed by atoms with Gasteiger partial charge in [-0.25, -0.2) is 0 Å². The third-order valence-corrected chi connectivity index (χ3v) is 4.12. The summed E-state index contributed by atoms with van der Waals surface area (Å²) in [4.78, 5) is 0. The Bertz CT molecular complexity index is 804. The van der Waals surface area contributed by atoms with Crippen molar-refractivity contribution in [1.29, 1.82) is 0 Å². The Balaban J connectivity index is 1.93. The fourth-order valence-electron chi connectivity index (χ4n) is 2.77. The van der Waals surface area contributed by atoms with Gasteiger partial charge < -0.3 is 10.2 Å². The number of rotatable bonds is 4. The number of hydrogen-bond donors (Lipinski definition) is 2. The topological polar surface area (TPSA) is 40.5 Å². The molecule has 0 unspecified atom stereocenters. The van der Waals surface area contributed by atoms with Crippen LogP contribution in [0.3, 0.4) is 0 Å². The summed E-state index contributed by atoms with van der Waals surface area (Å²) >= 11 is 0. The van der Waals surface area contributed by atoms with E-state index in [0.29, 0.717) is 6.42 Å². The maximum Gasteiger partial charge on any atom is 0.119 e. The van der Waals surface area contributed by atoms with Crippen LogP contribution in [0.5, 0.6) is 11.5 Å². The second-order valence-corrected chi connectivity index (χ2v) is 5.88. The minimum atomic E-state index is 0.261. The van der Waals surface area contributed by atoms with Gasteiger partial charge in [-0.15, -0.1) is 0 Å². The Kier molecular flexibility index (Phi) is 4.33. The molecule has 2 nitrogen and oxygen atoms in total. The van der Waals surface area contributed by atoms with Crippen LogP contribution in [0.25, 0.3) is 0 Å². The van der Waals surface area contributed by atoms with Gasteiger partial charge in [-0.3, -0.25) is 0 Å². The Labute approximate surface area is 136 Å². The molecule has 0 fully saturated rings. The molecule has 0 amide bonds. The Morgan fingerprint density at radius 3 is 2.04 bits per heavy atom. The lowest BCUT2D eigenvalue weighted by Gasteiger charge is -2.13. The first-order valence-corrected chi connectivity index (χ1v) is 7.75. The van der Waals surface area contributed by atoms with Crippen LogP contribution >= 0.6 is 0 Å². The van der Waals surface area contributed by atoms with E-state index in [2.05, 4.69) is 31.2 Å². The Hall–Kier alpha value is -2.74. The van der Waals surface area contributed by atoms with Gasteiger partial charge in [0.1, 0.15) is 11.5 Å². The van der Waals surface area contributed by atoms with Gasteiger partial charge in [0.2, 0.25) is 0 Å². The molecule has 23 heavy (non-hydrogen) atoms. The molecule has 0 aliphatic heterocycles. The van der Waals surface area contributed by atoms with Crippen molar-refractivity contribution in [2.75, 3.05) is 0 Å². The highest BCUT2D eigenvalue weighted by Gasteiger charge is 2.11. The fourth-order valence-corrected chi connectivity index (χ4v) is 2.77. The average molecular weight is 304 g/mol. The van der Waals surface area contributed by atoms with Gasteiger partial charge in [0, 0.05) is 12.0 Å². The molecule has 3 aromatic carbocycles. The second-order valence-electron chi connectivity index (χ2n) is 5.88. The molecular weight excluding hydrogens is 284 g/mol. The summed E-state index contributed by atoms with van der Waals surface area (Å²) in [7, 11) is 0. The lowest BCUT2D eigenvalue weighted by atomic mass is 9.94. The number of aryl methyl sites for hydroxylation is 1. The zero-order valence-corrected chi connectivity index (χ0v) is 13.2. The molecule has 0 aromatic heterocycles. The zero-order valence-electron chi connectivity index (χ0n) is 13.2. The van der Waals surface area contributed by atoms with E-state index < -0.39 is 0 Å². The monoisotopic (exact) mass is 304 g/mol. The summed E-state index contributed by atoms with van der Waals surface area (Å²) in [6.45, 7) is 2.07. The lowest BCUT2D eigenvalue weighted by molar-refractivity contribution is 0.462. The molecule has 0 heterocycles. The van der Waals surface area contributed by atoms with Crippen LogP contribution in [0, 0.1) is 6.92 Å². The molecule has 0 aliphatic carbocycles. The molecule has 2 heteroatoms. The van der Waals surface area contributed by atoms with Crippen molar-refractivity contribution in [3.8, 4) is 11.5 Å². The van der Waals surface area contributed by atoms with E-state index in [1.54, 1.807) is 18.2 Å². The van der Waals surface area contributed by atoms with Crippen LogP contribution in [-0.4, -0.2) is 10.2 Å². The van der Waals surface area contributed by atoms with Crippen LogP contribution in [0.15, 0.2) is 66.7 Å². The lowest BCUT2D eigenvalue weighted by Crippen LogP contribution is -1.98. The normalized spacial score (nSPS) is 10.7. The summed E-state index contributed by atoms with van der Waals surface area (Å²) in [5, 5.41) is 20.3. The van der Waals surface area contributed by atoms with E-state index in [1.807, 2.05) is 24.3 Å². The smallest absolute Gasteiger partial charge is 0.119 e. The minimum Gasteiger partial charge on any atom is -0.508 e. The molecule has 0 aliphatic rings. The third kappa shape index (κ3) is 3.54. The minimum absolute atomic E-state index is 0.261. The maximum atomic E-state index is 10.3. The van der Waals surface area contributed by atoms with Crippen molar-refractivity contribution in [2.45, 2.75) is 19.8 Å². The van der Waals surface area contributed by atoms with E-state index in [1.165, 1.54) is 11.1 Å². The molecule has 3 aromatic rings. The highest BCUT2D eigenvalue weighted by Crippen LogP contribution is 2.29. The number of para-hydroxylation sites is 1.